The molecule has 1 heterocycles. The van der Waals surface area contributed by atoms with Gasteiger partial charge in [0.2, 0.25) is 0 Å². The van der Waals surface area contributed by atoms with Crippen LogP contribution in [0.2, 0.25) is 0 Å². The van der Waals surface area contributed by atoms with Crippen molar-refractivity contribution in [3.63, 3.8) is 0 Å². The number of nitrogens with one attached hydrogen (secondary N) is 2. The largest absolute Gasteiger partial charge is 0.477 e. The predicted octanol–water partition coefficient (Wildman–Crippen LogP) is 0.106. The smallest absolute Gasteiger partial charge is 0.353 e. The van der Waals surface area contributed by atoms with E-state index in [1.54, 1.807) is 13.8 Å². The van der Waals surface area contributed by atoms with Crippen molar-refractivity contribution in [2.75, 3.05) is 17.8 Å². The summed E-state index contributed by atoms with van der Waals surface area (Å²) in [6, 6.07) is 1.11. The minimum absolute atomic E-state index is 0.0469. The summed E-state index contributed by atoms with van der Waals surface area (Å²) in [6.07, 6.45) is 0. The normalized spacial score (nSPS) is 11.7. The van der Waals surface area contributed by atoms with Gasteiger partial charge in [-0.15, -0.1) is 0 Å². The number of hydrogen-bond donors (Lipinski definition) is 3. The molecule has 0 unspecified atom stereocenters. The van der Waals surface area contributed by atoms with Gasteiger partial charge in [0.15, 0.2) is 5.82 Å². The average Bonchev–Trinajstić information content (AvgIpc) is 2.66. The molecule has 1 aromatic heterocycles. The van der Waals surface area contributed by atoms with Crippen molar-refractivity contribution in [3.8, 4) is 0 Å². The quantitative estimate of drug-likeness (QED) is 0.672. The first-order valence-electron chi connectivity index (χ1n) is 4.97. The summed E-state index contributed by atoms with van der Waals surface area (Å²) in [5, 5.41) is 14.4. The Morgan fingerprint density at radius 2 is 2.12 bits per heavy atom. The molecule has 3 N–H and O–H groups in total. The third-order valence-electron chi connectivity index (χ3n) is 2.09. The van der Waals surface area contributed by atoms with E-state index in [0.717, 1.165) is 6.07 Å². The van der Waals surface area contributed by atoms with Gasteiger partial charge in [0.1, 0.15) is 5.69 Å². The first kappa shape index (κ1) is 13.5. The van der Waals surface area contributed by atoms with Crippen LogP contribution in [0.4, 0.5) is 5.82 Å². The van der Waals surface area contributed by atoms with Crippen LogP contribution >= 0.6 is 0 Å². The zero-order valence-electron chi connectivity index (χ0n) is 9.47. The molecule has 0 aromatic carbocycles. The summed E-state index contributed by atoms with van der Waals surface area (Å²) >= 11 is 0. The fourth-order valence-corrected chi connectivity index (χ4v) is 2.42. The number of aromatic nitrogens is 2. The van der Waals surface area contributed by atoms with Gasteiger partial charge in [-0.2, -0.15) is 17.8 Å². The molecule has 9 heteroatoms. The fraction of sp³-hybridized carbons (Fsp3) is 0.500. The molecule has 0 radical (unpaired) electrons. The second kappa shape index (κ2) is 5.15. The molecule has 8 nitrogen and oxygen atoms in total. The fourth-order valence-electron chi connectivity index (χ4n) is 1.24. The summed E-state index contributed by atoms with van der Waals surface area (Å²) in [5.74, 6) is -1.25. The molecule has 0 aliphatic carbocycles. The van der Waals surface area contributed by atoms with E-state index in [1.165, 1.54) is 4.31 Å². The number of nitrogens with zero attached hydrogens (tertiary/aromatic N) is 2. The number of H-pyrrole nitrogens is 1. The van der Waals surface area contributed by atoms with E-state index >= 15 is 0 Å². The van der Waals surface area contributed by atoms with Gasteiger partial charge in [-0.25, -0.2) is 4.79 Å². The first-order valence-corrected chi connectivity index (χ1v) is 6.41. The zero-order valence-corrected chi connectivity index (χ0v) is 10.3. The van der Waals surface area contributed by atoms with Gasteiger partial charge in [-0.1, -0.05) is 13.8 Å². The highest BCUT2D eigenvalue weighted by molar-refractivity contribution is 7.90. The third kappa shape index (κ3) is 3.17. The maximum Gasteiger partial charge on any atom is 0.353 e. The monoisotopic (exact) mass is 262 g/mol. The molecule has 0 bridgehead atoms. The number of hydrogen-bond acceptors (Lipinski definition) is 4. The van der Waals surface area contributed by atoms with E-state index in [1.807, 2.05) is 0 Å². The highest BCUT2D eigenvalue weighted by Gasteiger charge is 2.20. The van der Waals surface area contributed by atoms with Crippen LogP contribution in [0.25, 0.3) is 0 Å². The van der Waals surface area contributed by atoms with Gasteiger partial charge in [0.25, 0.3) is 0 Å². The topological polar surface area (TPSA) is 115 Å². The molecule has 0 saturated heterocycles. The molecular weight excluding hydrogens is 248 g/mol. The SMILES string of the molecule is CCN(CC)S(=O)(=O)Nc1cc(C(=O)O)[nH]n1. The lowest BCUT2D eigenvalue weighted by Crippen LogP contribution is -2.35. The van der Waals surface area contributed by atoms with Crippen LogP contribution in [0, 0.1) is 0 Å². The average molecular weight is 262 g/mol. The number of carbonyl (C=O) groups is 1. The Bertz CT molecular complexity index is 491. The van der Waals surface area contributed by atoms with E-state index in [0.29, 0.717) is 13.1 Å². The number of aromatic amines is 1. The van der Waals surface area contributed by atoms with Crippen molar-refractivity contribution in [2.45, 2.75) is 13.8 Å². The summed E-state index contributed by atoms with van der Waals surface area (Å²) in [5.41, 5.74) is -0.178. The molecule has 1 aromatic rings. The maximum atomic E-state index is 11.8. The van der Waals surface area contributed by atoms with Crippen molar-refractivity contribution in [1.82, 2.24) is 14.5 Å². The number of rotatable bonds is 6. The van der Waals surface area contributed by atoms with Gasteiger partial charge < -0.3 is 5.11 Å². The standard InChI is InChI=1S/C8H14N4O4S/c1-3-12(4-2)17(15,16)11-7-5-6(8(13)14)9-10-7/h5H,3-4H2,1-2H3,(H,13,14)(H2,9,10,11). The van der Waals surface area contributed by atoms with Crippen molar-refractivity contribution in [2.24, 2.45) is 0 Å². The van der Waals surface area contributed by atoms with E-state index in [2.05, 4.69) is 14.9 Å². The van der Waals surface area contributed by atoms with Crippen LogP contribution < -0.4 is 4.72 Å². The summed E-state index contributed by atoms with van der Waals surface area (Å²) < 4.78 is 26.9. The number of carboxylic acid groups (broad SMARTS) is 1. The highest BCUT2D eigenvalue weighted by Crippen LogP contribution is 2.10. The zero-order chi connectivity index (χ0) is 13.1. The van der Waals surface area contributed by atoms with Gasteiger partial charge in [-0.3, -0.25) is 9.82 Å². The van der Waals surface area contributed by atoms with Crippen molar-refractivity contribution < 1.29 is 18.3 Å². The van der Waals surface area contributed by atoms with E-state index in [-0.39, 0.29) is 11.5 Å². The molecule has 0 spiro atoms. The highest BCUT2D eigenvalue weighted by atomic mass is 32.2. The number of aromatic carboxylic acids is 1. The Labute approximate surface area is 98.8 Å². The number of anilines is 1. The summed E-state index contributed by atoms with van der Waals surface area (Å²) in [4.78, 5) is 10.6. The van der Waals surface area contributed by atoms with Crippen LogP contribution in [-0.4, -0.2) is 47.1 Å². The lowest BCUT2D eigenvalue weighted by molar-refractivity contribution is 0.0690. The molecule has 0 aliphatic rings. The van der Waals surface area contributed by atoms with Crippen LogP contribution in [0.3, 0.4) is 0 Å². The predicted molar refractivity (Wildman–Crippen MR) is 61.0 cm³/mol. The summed E-state index contributed by atoms with van der Waals surface area (Å²) in [7, 11) is -3.68. The van der Waals surface area contributed by atoms with E-state index in [9.17, 15) is 13.2 Å². The molecule has 0 saturated carbocycles. The Kier molecular flexibility index (Phi) is 4.07. The van der Waals surface area contributed by atoms with Crippen LogP contribution in [-0.2, 0) is 10.2 Å². The minimum atomic E-state index is -3.68. The summed E-state index contributed by atoms with van der Waals surface area (Å²) in [6.45, 7) is 4.05. The Balaban J connectivity index is 2.86. The third-order valence-corrected chi connectivity index (χ3v) is 3.75. The van der Waals surface area contributed by atoms with E-state index < -0.39 is 16.2 Å². The van der Waals surface area contributed by atoms with Crippen LogP contribution in [0.15, 0.2) is 6.07 Å². The lowest BCUT2D eigenvalue weighted by Gasteiger charge is -2.17. The lowest BCUT2D eigenvalue weighted by atomic mass is 10.4. The molecule has 0 fully saturated rings. The van der Waals surface area contributed by atoms with Gasteiger partial charge >= 0.3 is 16.2 Å². The number of carboxylic acids is 1. The van der Waals surface area contributed by atoms with Gasteiger partial charge in [0, 0.05) is 19.2 Å². The van der Waals surface area contributed by atoms with Crippen LogP contribution in [0.1, 0.15) is 24.3 Å². The Morgan fingerprint density at radius 3 is 2.53 bits per heavy atom. The maximum absolute atomic E-state index is 11.8. The van der Waals surface area contributed by atoms with E-state index in [4.69, 9.17) is 5.11 Å². The molecule has 96 valence electrons. The molecule has 17 heavy (non-hydrogen) atoms. The van der Waals surface area contributed by atoms with Crippen LogP contribution in [0.5, 0.6) is 0 Å². The van der Waals surface area contributed by atoms with Gasteiger partial charge in [0.05, 0.1) is 0 Å². The minimum Gasteiger partial charge on any atom is -0.477 e. The molecule has 1 rings (SSSR count). The second-order valence-electron chi connectivity index (χ2n) is 3.16. The Morgan fingerprint density at radius 1 is 1.53 bits per heavy atom. The molecule has 0 aliphatic heterocycles. The van der Waals surface area contributed by atoms with Crippen molar-refractivity contribution in [3.05, 3.63) is 11.8 Å². The second-order valence-corrected chi connectivity index (χ2v) is 4.83. The molecule has 0 atom stereocenters. The molecular formula is C8H14N4O4S. The van der Waals surface area contributed by atoms with Gasteiger partial charge in [-0.05, 0) is 0 Å². The first-order chi connectivity index (χ1) is 7.90. The van der Waals surface area contributed by atoms with Crippen molar-refractivity contribution >= 4 is 22.0 Å². The Hall–Kier alpha value is -1.61. The van der Waals surface area contributed by atoms with Crippen molar-refractivity contribution in [1.29, 1.82) is 0 Å². The molecule has 0 amide bonds.